The largest absolute Gasteiger partial charge is 0.481 e. The molecule has 3 N–H and O–H groups in total. The molecule has 2 unspecified atom stereocenters. The maximum absolute atomic E-state index is 11.4. The molecular weight excluding hydrogens is 226 g/mol. The SMILES string of the molecule is CC1(C(=O)O)COCC1Nc1ncc[nH]c1=O. The Morgan fingerprint density at radius 3 is 3.18 bits per heavy atom. The van der Waals surface area contributed by atoms with Crippen LogP contribution in [-0.2, 0) is 9.53 Å². The molecule has 1 aliphatic heterocycles. The van der Waals surface area contributed by atoms with Crippen LogP contribution in [0.25, 0.3) is 0 Å². The van der Waals surface area contributed by atoms with Gasteiger partial charge in [-0.3, -0.25) is 9.59 Å². The van der Waals surface area contributed by atoms with Crippen molar-refractivity contribution in [3.8, 4) is 0 Å². The van der Waals surface area contributed by atoms with E-state index in [0.717, 1.165) is 0 Å². The van der Waals surface area contributed by atoms with Crippen LogP contribution in [0.1, 0.15) is 6.92 Å². The van der Waals surface area contributed by atoms with Gasteiger partial charge < -0.3 is 20.1 Å². The Balaban J connectivity index is 2.22. The second kappa shape index (κ2) is 4.17. The van der Waals surface area contributed by atoms with Crippen LogP contribution in [0.4, 0.5) is 5.82 Å². The highest BCUT2D eigenvalue weighted by atomic mass is 16.5. The molecule has 2 rings (SSSR count). The molecule has 0 spiro atoms. The van der Waals surface area contributed by atoms with Gasteiger partial charge in [-0.25, -0.2) is 4.98 Å². The highest BCUT2D eigenvalue weighted by Crippen LogP contribution is 2.30. The zero-order chi connectivity index (χ0) is 12.5. The number of carboxylic acids is 1. The van der Waals surface area contributed by atoms with Crippen LogP contribution in [0, 0.1) is 5.41 Å². The third kappa shape index (κ3) is 2.01. The normalized spacial score (nSPS) is 27.9. The van der Waals surface area contributed by atoms with Gasteiger partial charge in [0.2, 0.25) is 0 Å². The number of ether oxygens (including phenoxy) is 1. The number of hydrogen-bond donors (Lipinski definition) is 3. The molecule has 1 saturated heterocycles. The lowest BCUT2D eigenvalue weighted by atomic mass is 9.85. The van der Waals surface area contributed by atoms with Crippen molar-refractivity contribution in [2.45, 2.75) is 13.0 Å². The van der Waals surface area contributed by atoms with Crippen LogP contribution >= 0.6 is 0 Å². The first-order valence-corrected chi connectivity index (χ1v) is 5.15. The van der Waals surface area contributed by atoms with Crippen LogP contribution in [0.3, 0.4) is 0 Å². The van der Waals surface area contributed by atoms with E-state index in [1.807, 2.05) is 0 Å². The number of aromatic nitrogens is 2. The van der Waals surface area contributed by atoms with Gasteiger partial charge in [0.1, 0.15) is 5.41 Å². The summed E-state index contributed by atoms with van der Waals surface area (Å²) in [6.07, 6.45) is 2.84. The van der Waals surface area contributed by atoms with Crippen molar-refractivity contribution in [3.05, 3.63) is 22.7 Å². The van der Waals surface area contributed by atoms with Crippen LogP contribution < -0.4 is 10.9 Å². The van der Waals surface area contributed by atoms with E-state index in [-0.39, 0.29) is 24.6 Å². The van der Waals surface area contributed by atoms with Gasteiger partial charge >= 0.3 is 5.97 Å². The Morgan fingerprint density at radius 1 is 1.76 bits per heavy atom. The molecule has 0 amide bonds. The van der Waals surface area contributed by atoms with Crippen molar-refractivity contribution < 1.29 is 14.6 Å². The van der Waals surface area contributed by atoms with E-state index in [0.29, 0.717) is 0 Å². The fourth-order valence-electron chi connectivity index (χ4n) is 1.70. The molecule has 7 heteroatoms. The predicted molar refractivity (Wildman–Crippen MR) is 58.8 cm³/mol. The summed E-state index contributed by atoms with van der Waals surface area (Å²) in [5, 5.41) is 12.0. The van der Waals surface area contributed by atoms with Gasteiger partial charge in [0.05, 0.1) is 19.3 Å². The molecule has 0 aromatic carbocycles. The second-order valence-electron chi connectivity index (χ2n) is 4.20. The Morgan fingerprint density at radius 2 is 2.53 bits per heavy atom. The zero-order valence-corrected chi connectivity index (χ0v) is 9.27. The molecule has 1 aromatic heterocycles. The van der Waals surface area contributed by atoms with E-state index in [9.17, 15) is 9.59 Å². The predicted octanol–water partition coefficient (Wildman–Crippen LogP) is -0.329. The lowest BCUT2D eigenvalue weighted by molar-refractivity contribution is -0.148. The lowest BCUT2D eigenvalue weighted by Crippen LogP contribution is -2.44. The summed E-state index contributed by atoms with van der Waals surface area (Å²) < 4.78 is 5.16. The van der Waals surface area contributed by atoms with Crippen molar-refractivity contribution >= 4 is 11.8 Å². The van der Waals surface area contributed by atoms with Crippen LogP contribution in [0.2, 0.25) is 0 Å². The van der Waals surface area contributed by atoms with E-state index in [4.69, 9.17) is 9.84 Å². The van der Waals surface area contributed by atoms with Gasteiger partial charge in [-0.05, 0) is 6.92 Å². The van der Waals surface area contributed by atoms with E-state index >= 15 is 0 Å². The van der Waals surface area contributed by atoms with Gasteiger partial charge in [0.15, 0.2) is 5.82 Å². The van der Waals surface area contributed by atoms with Gasteiger partial charge in [0, 0.05) is 12.4 Å². The summed E-state index contributed by atoms with van der Waals surface area (Å²) in [6.45, 7) is 1.93. The number of nitrogens with one attached hydrogen (secondary N) is 2. The average Bonchev–Trinajstić information content (AvgIpc) is 2.65. The number of carbonyl (C=O) groups is 1. The Kier molecular flexibility index (Phi) is 2.84. The number of anilines is 1. The second-order valence-corrected chi connectivity index (χ2v) is 4.20. The first-order valence-electron chi connectivity index (χ1n) is 5.15. The van der Waals surface area contributed by atoms with Gasteiger partial charge in [-0.15, -0.1) is 0 Å². The molecule has 92 valence electrons. The summed E-state index contributed by atoms with van der Waals surface area (Å²) >= 11 is 0. The monoisotopic (exact) mass is 239 g/mol. The fourth-order valence-corrected chi connectivity index (χ4v) is 1.70. The summed E-state index contributed by atoms with van der Waals surface area (Å²) in [5.41, 5.74) is -1.43. The van der Waals surface area contributed by atoms with Crippen molar-refractivity contribution in [3.63, 3.8) is 0 Å². The molecule has 0 radical (unpaired) electrons. The molecule has 7 nitrogen and oxygen atoms in total. The third-order valence-electron chi connectivity index (χ3n) is 2.96. The number of H-pyrrole nitrogens is 1. The Hall–Kier alpha value is -1.89. The molecule has 1 aliphatic rings. The fraction of sp³-hybridized carbons (Fsp3) is 0.500. The average molecular weight is 239 g/mol. The van der Waals surface area contributed by atoms with Crippen molar-refractivity contribution in [1.82, 2.24) is 9.97 Å². The number of aromatic amines is 1. The molecule has 2 heterocycles. The standard InChI is InChI=1S/C10H13N3O4/c1-10(9(15)16)5-17-4-6(10)13-7-8(14)12-3-2-11-7/h2-3,6H,4-5H2,1H3,(H,11,13)(H,12,14)(H,15,16). The summed E-state index contributed by atoms with van der Waals surface area (Å²) in [4.78, 5) is 28.9. The van der Waals surface area contributed by atoms with Crippen molar-refractivity contribution in [2.75, 3.05) is 18.5 Å². The molecule has 0 saturated carbocycles. The molecule has 17 heavy (non-hydrogen) atoms. The molecular formula is C10H13N3O4. The number of aliphatic carboxylic acids is 1. The zero-order valence-electron chi connectivity index (χ0n) is 9.27. The minimum Gasteiger partial charge on any atom is -0.481 e. The van der Waals surface area contributed by atoms with Crippen LogP contribution in [-0.4, -0.2) is 40.3 Å². The highest BCUT2D eigenvalue weighted by molar-refractivity contribution is 5.76. The maximum atomic E-state index is 11.4. The van der Waals surface area contributed by atoms with E-state index in [1.54, 1.807) is 6.92 Å². The molecule has 0 aliphatic carbocycles. The summed E-state index contributed by atoms with van der Waals surface area (Å²) in [5.74, 6) is -0.852. The maximum Gasteiger partial charge on any atom is 0.313 e. The van der Waals surface area contributed by atoms with Crippen LogP contribution in [0.15, 0.2) is 17.2 Å². The van der Waals surface area contributed by atoms with Gasteiger partial charge in [0.25, 0.3) is 5.56 Å². The molecule has 1 aromatic rings. The molecule has 2 atom stereocenters. The number of nitrogens with zero attached hydrogens (tertiary/aromatic N) is 1. The number of hydrogen-bond acceptors (Lipinski definition) is 5. The Bertz CT molecular complexity index is 486. The van der Waals surface area contributed by atoms with Crippen molar-refractivity contribution in [1.29, 1.82) is 0 Å². The van der Waals surface area contributed by atoms with Gasteiger partial charge in [-0.1, -0.05) is 0 Å². The first-order chi connectivity index (χ1) is 8.04. The van der Waals surface area contributed by atoms with E-state index < -0.39 is 17.4 Å². The molecule has 1 fully saturated rings. The third-order valence-corrected chi connectivity index (χ3v) is 2.96. The Labute approximate surface area is 96.8 Å². The smallest absolute Gasteiger partial charge is 0.313 e. The van der Waals surface area contributed by atoms with E-state index in [2.05, 4.69) is 15.3 Å². The lowest BCUT2D eigenvalue weighted by Gasteiger charge is -2.25. The summed E-state index contributed by atoms with van der Waals surface area (Å²) in [7, 11) is 0. The van der Waals surface area contributed by atoms with Crippen LogP contribution in [0.5, 0.6) is 0 Å². The van der Waals surface area contributed by atoms with E-state index in [1.165, 1.54) is 12.4 Å². The molecule has 0 bridgehead atoms. The quantitative estimate of drug-likeness (QED) is 0.667. The topological polar surface area (TPSA) is 104 Å². The highest BCUT2D eigenvalue weighted by Gasteiger charge is 2.47. The number of rotatable bonds is 3. The minimum atomic E-state index is -1.05. The van der Waals surface area contributed by atoms with Crippen molar-refractivity contribution in [2.24, 2.45) is 5.41 Å². The first kappa shape index (κ1) is 11.6. The minimum absolute atomic E-state index is 0.107. The summed E-state index contributed by atoms with van der Waals surface area (Å²) in [6, 6.07) is -0.476. The number of carboxylic acid groups (broad SMARTS) is 1. The van der Waals surface area contributed by atoms with Gasteiger partial charge in [-0.2, -0.15) is 0 Å².